The third-order valence-electron chi connectivity index (χ3n) is 0.928. The van der Waals surface area contributed by atoms with E-state index in [1.54, 1.807) is 0 Å². The molecule has 1 heterocycles. The van der Waals surface area contributed by atoms with E-state index in [2.05, 4.69) is 19.2 Å². The average Bonchev–Trinajstić information content (AvgIpc) is 2.09. The first-order chi connectivity index (χ1) is 5.34. The fraction of sp³-hybridized carbons (Fsp3) is 0.167. The molecule has 4 nitrogen and oxygen atoms in total. The molecule has 1 aromatic rings. The number of anilines is 1. The van der Waals surface area contributed by atoms with Crippen molar-refractivity contribution in [1.82, 2.24) is 9.97 Å². The zero-order chi connectivity index (χ0) is 8.69. The summed E-state index contributed by atoms with van der Waals surface area (Å²) in [5, 5.41) is 6.80. The number of hydrogen-bond donors (Lipinski definition) is 2. The van der Waals surface area contributed by atoms with E-state index < -0.39 is 0 Å². The Bertz CT molecular complexity index is 226. The van der Waals surface area contributed by atoms with Gasteiger partial charge in [0, 0.05) is 12.4 Å². The van der Waals surface area contributed by atoms with Crippen molar-refractivity contribution >= 4 is 21.3 Å². The molecular formula is C6H11N4P. The van der Waals surface area contributed by atoms with Crippen LogP contribution in [0.15, 0.2) is 12.5 Å². The predicted octanol–water partition coefficient (Wildman–Crippen LogP) is 0.548. The fourth-order valence-electron chi connectivity index (χ4n) is 0.461. The van der Waals surface area contributed by atoms with Crippen molar-refractivity contribution in [3.05, 3.63) is 18.1 Å². The second kappa shape index (κ2) is 5.74. The van der Waals surface area contributed by atoms with Crippen LogP contribution >= 0.6 is 9.24 Å². The summed E-state index contributed by atoms with van der Waals surface area (Å²) in [6.45, 7) is 1.92. The molecule has 0 amide bonds. The van der Waals surface area contributed by atoms with E-state index in [4.69, 9.17) is 11.1 Å². The van der Waals surface area contributed by atoms with Crippen molar-refractivity contribution in [3.8, 4) is 0 Å². The maximum absolute atomic E-state index is 6.80. The highest BCUT2D eigenvalue weighted by Gasteiger charge is 1.91. The van der Waals surface area contributed by atoms with E-state index in [0.29, 0.717) is 11.4 Å². The van der Waals surface area contributed by atoms with E-state index in [9.17, 15) is 0 Å². The van der Waals surface area contributed by atoms with Gasteiger partial charge in [-0.15, -0.1) is 9.24 Å². The highest BCUT2D eigenvalue weighted by Crippen LogP contribution is 1.98. The van der Waals surface area contributed by atoms with Crippen LogP contribution in [0.3, 0.4) is 0 Å². The van der Waals surface area contributed by atoms with Gasteiger partial charge in [-0.1, -0.05) is 6.66 Å². The van der Waals surface area contributed by atoms with Gasteiger partial charge < -0.3 is 11.1 Å². The lowest BCUT2D eigenvalue weighted by atomic mass is 10.3. The number of nitrogens with zero attached hydrogens (tertiary/aromatic N) is 2. The number of nitrogens with two attached hydrogens (primary N) is 1. The fourth-order valence-corrected chi connectivity index (χ4v) is 0.461. The van der Waals surface area contributed by atoms with Crippen molar-refractivity contribution < 1.29 is 0 Å². The average molecular weight is 170 g/mol. The highest BCUT2D eigenvalue weighted by molar-refractivity contribution is 7.15. The summed E-state index contributed by atoms with van der Waals surface area (Å²) >= 11 is 0. The summed E-state index contributed by atoms with van der Waals surface area (Å²) in [4.78, 5) is 7.34. The minimum atomic E-state index is 0.347. The smallest absolute Gasteiger partial charge is 0.135 e. The summed E-state index contributed by atoms with van der Waals surface area (Å²) in [7, 11) is 2.42. The number of aromatic nitrogens is 2. The highest BCUT2D eigenvalue weighted by atomic mass is 31.0. The van der Waals surface area contributed by atoms with Crippen LogP contribution in [-0.2, 0) is 0 Å². The Balaban J connectivity index is 0.000000461. The Morgan fingerprint density at radius 1 is 1.64 bits per heavy atom. The molecule has 0 aliphatic carbocycles. The van der Waals surface area contributed by atoms with Crippen LogP contribution in [0.1, 0.15) is 5.56 Å². The second-order valence-electron chi connectivity index (χ2n) is 1.51. The molecule has 0 aliphatic heterocycles. The lowest BCUT2D eigenvalue weighted by Crippen LogP contribution is -1.96. The van der Waals surface area contributed by atoms with Crippen molar-refractivity contribution in [2.24, 2.45) is 0 Å². The van der Waals surface area contributed by atoms with Gasteiger partial charge >= 0.3 is 0 Å². The molecule has 1 aromatic heterocycles. The lowest BCUT2D eigenvalue weighted by molar-refractivity contribution is 1.17. The van der Waals surface area contributed by atoms with Crippen LogP contribution in [0.4, 0.5) is 5.82 Å². The van der Waals surface area contributed by atoms with Gasteiger partial charge in [-0.2, -0.15) is 0 Å². The quantitative estimate of drug-likeness (QED) is 0.477. The van der Waals surface area contributed by atoms with E-state index >= 15 is 0 Å². The van der Waals surface area contributed by atoms with Gasteiger partial charge in [0.25, 0.3) is 0 Å². The summed E-state index contributed by atoms with van der Waals surface area (Å²) in [5.41, 5.74) is 5.88. The van der Waals surface area contributed by atoms with Crippen LogP contribution < -0.4 is 5.73 Å². The molecule has 1 rings (SSSR count). The zero-order valence-corrected chi connectivity index (χ0v) is 7.44. The molecule has 0 aliphatic rings. The van der Waals surface area contributed by atoms with Crippen molar-refractivity contribution in [1.29, 1.82) is 5.41 Å². The van der Waals surface area contributed by atoms with Crippen LogP contribution in [0.25, 0.3) is 0 Å². The predicted molar refractivity (Wildman–Crippen MR) is 50.0 cm³/mol. The third-order valence-corrected chi connectivity index (χ3v) is 0.928. The molecule has 0 radical (unpaired) electrons. The summed E-state index contributed by atoms with van der Waals surface area (Å²) in [6, 6.07) is 0. The molecule has 1 unspecified atom stereocenters. The minimum absolute atomic E-state index is 0.347. The molecule has 0 spiro atoms. The Hall–Kier alpha value is -1.02. The molecule has 0 bridgehead atoms. The summed E-state index contributed by atoms with van der Waals surface area (Å²) in [6.07, 6.45) is 3.97. The minimum Gasteiger partial charge on any atom is -0.383 e. The molecule has 0 fully saturated rings. The SMILES string of the molecule is CP.N=Cc1cncnc1N. The maximum Gasteiger partial charge on any atom is 0.135 e. The first-order valence-electron chi connectivity index (χ1n) is 2.98. The Labute approximate surface area is 68.0 Å². The second-order valence-corrected chi connectivity index (χ2v) is 1.51. The van der Waals surface area contributed by atoms with Crippen molar-refractivity contribution in [2.75, 3.05) is 12.4 Å². The summed E-state index contributed by atoms with van der Waals surface area (Å²) in [5.74, 6) is 0.347. The molecule has 3 N–H and O–H groups in total. The Morgan fingerprint density at radius 3 is 2.64 bits per heavy atom. The monoisotopic (exact) mass is 170 g/mol. The van der Waals surface area contributed by atoms with Crippen molar-refractivity contribution in [3.63, 3.8) is 0 Å². The van der Waals surface area contributed by atoms with Gasteiger partial charge in [0.15, 0.2) is 0 Å². The Kier molecular flexibility index (Phi) is 5.21. The maximum atomic E-state index is 6.80. The molecule has 0 aromatic carbocycles. The largest absolute Gasteiger partial charge is 0.383 e. The molecule has 0 saturated heterocycles. The number of hydrogen-bond acceptors (Lipinski definition) is 4. The molecule has 11 heavy (non-hydrogen) atoms. The lowest BCUT2D eigenvalue weighted by Gasteiger charge is -1.92. The van der Waals surface area contributed by atoms with Crippen LogP contribution in [0.2, 0.25) is 0 Å². The van der Waals surface area contributed by atoms with Gasteiger partial charge in [-0.05, 0) is 0 Å². The normalized spacial score (nSPS) is 7.82. The van der Waals surface area contributed by atoms with Gasteiger partial charge in [0.2, 0.25) is 0 Å². The topological polar surface area (TPSA) is 75.7 Å². The standard InChI is InChI=1S/C5H6N4.CH5P/c6-1-4-2-8-3-9-5(4)7;1-2/h1-3,6H,(H2,7,8,9);2H2,1H3. The molecule has 1 atom stereocenters. The van der Waals surface area contributed by atoms with Gasteiger partial charge in [-0.3, -0.25) is 0 Å². The Morgan fingerprint density at radius 2 is 2.27 bits per heavy atom. The van der Waals surface area contributed by atoms with E-state index in [1.807, 2.05) is 6.66 Å². The van der Waals surface area contributed by atoms with Crippen LogP contribution in [-0.4, -0.2) is 22.8 Å². The number of nitrogen functional groups attached to an aromatic ring is 1. The van der Waals surface area contributed by atoms with Gasteiger partial charge in [-0.25, -0.2) is 9.97 Å². The van der Waals surface area contributed by atoms with E-state index in [1.165, 1.54) is 12.5 Å². The summed E-state index contributed by atoms with van der Waals surface area (Å²) < 4.78 is 0. The zero-order valence-electron chi connectivity index (χ0n) is 6.28. The molecule has 5 heteroatoms. The van der Waals surface area contributed by atoms with E-state index in [-0.39, 0.29) is 0 Å². The van der Waals surface area contributed by atoms with Crippen LogP contribution in [0, 0.1) is 5.41 Å². The van der Waals surface area contributed by atoms with Crippen molar-refractivity contribution in [2.45, 2.75) is 0 Å². The van der Waals surface area contributed by atoms with Crippen LogP contribution in [0.5, 0.6) is 0 Å². The first kappa shape index (κ1) is 9.98. The van der Waals surface area contributed by atoms with Gasteiger partial charge in [0.05, 0.1) is 5.56 Å². The first-order valence-corrected chi connectivity index (χ1v) is 4.13. The molecule has 60 valence electrons. The van der Waals surface area contributed by atoms with E-state index in [0.717, 1.165) is 6.21 Å². The van der Waals surface area contributed by atoms with Gasteiger partial charge in [0.1, 0.15) is 12.1 Å². The molecular weight excluding hydrogens is 159 g/mol. The number of rotatable bonds is 1. The third kappa shape index (κ3) is 3.05. The number of nitrogens with one attached hydrogen (secondary N) is 1. The molecule has 0 saturated carbocycles.